The van der Waals surface area contributed by atoms with Gasteiger partial charge in [-0.25, -0.2) is 0 Å². The molecule has 3 nitrogen and oxygen atoms in total. The van der Waals surface area contributed by atoms with Crippen molar-refractivity contribution < 1.29 is 4.74 Å². The summed E-state index contributed by atoms with van der Waals surface area (Å²) < 4.78 is 5.17. The quantitative estimate of drug-likeness (QED) is 0.361. The summed E-state index contributed by atoms with van der Waals surface area (Å²) in [6.45, 7) is 7.28. The van der Waals surface area contributed by atoms with E-state index in [0.29, 0.717) is 6.61 Å². The van der Waals surface area contributed by atoms with Gasteiger partial charge in [0.2, 0.25) is 0 Å². The molecule has 0 bridgehead atoms. The maximum atomic E-state index is 7.25. The van der Waals surface area contributed by atoms with Crippen LogP contribution >= 0.6 is 0 Å². The second kappa shape index (κ2) is 4.34. The molecule has 0 spiro atoms. The molecule has 0 amide bonds. The van der Waals surface area contributed by atoms with Gasteiger partial charge >= 0.3 is 0 Å². The number of rotatable bonds is 5. The molecule has 0 aliphatic carbocycles. The average molecular weight is 158 g/mol. The van der Waals surface area contributed by atoms with Gasteiger partial charge < -0.3 is 10.5 Å². The molecular formula is C8H18N2O. The summed E-state index contributed by atoms with van der Waals surface area (Å²) in [5.41, 5.74) is 5.17. The SMILES string of the molecule is CCOCCC(C)(C)C(=N)N. The van der Waals surface area contributed by atoms with E-state index >= 15 is 0 Å². The highest BCUT2D eigenvalue weighted by molar-refractivity contribution is 5.82. The monoisotopic (exact) mass is 158 g/mol. The maximum Gasteiger partial charge on any atom is 0.0963 e. The number of amidine groups is 1. The topological polar surface area (TPSA) is 59.1 Å². The number of nitrogens with two attached hydrogens (primary N) is 1. The normalized spacial score (nSPS) is 11.5. The Balaban J connectivity index is 3.64. The fraction of sp³-hybridized carbons (Fsp3) is 0.875. The molecule has 0 radical (unpaired) electrons. The third-order valence-electron chi connectivity index (χ3n) is 1.80. The summed E-state index contributed by atoms with van der Waals surface area (Å²) in [5, 5.41) is 7.25. The van der Waals surface area contributed by atoms with Gasteiger partial charge in [-0.3, -0.25) is 5.41 Å². The fourth-order valence-electron chi connectivity index (χ4n) is 0.606. The molecule has 0 aromatic rings. The molecule has 0 heterocycles. The first-order valence-electron chi connectivity index (χ1n) is 3.93. The third kappa shape index (κ3) is 3.98. The van der Waals surface area contributed by atoms with Crippen molar-refractivity contribution in [3.05, 3.63) is 0 Å². The van der Waals surface area contributed by atoms with Gasteiger partial charge in [-0.1, -0.05) is 13.8 Å². The number of ether oxygens (including phenoxy) is 1. The summed E-state index contributed by atoms with van der Waals surface area (Å²) in [7, 11) is 0. The second-order valence-corrected chi connectivity index (χ2v) is 3.24. The van der Waals surface area contributed by atoms with Gasteiger partial charge in [-0.15, -0.1) is 0 Å². The van der Waals surface area contributed by atoms with Crippen LogP contribution in [-0.2, 0) is 4.74 Å². The summed E-state index contributed by atoms with van der Waals surface area (Å²) in [4.78, 5) is 0. The van der Waals surface area contributed by atoms with Crippen LogP contribution in [0.2, 0.25) is 0 Å². The minimum Gasteiger partial charge on any atom is -0.387 e. The van der Waals surface area contributed by atoms with Crippen LogP contribution in [0.1, 0.15) is 27.2 Å². The lowest BCUT2D eigenvalue weighted by Crippen LogP contribution is -2.31. The molecule has 0 aromatic heterocycles. The minimum absolute atomic E-state index is 0.213. The van der Waals surface area contributed by atoms with Gasteiger partial charge in [0.15, 0.2) is 0 Å². The molecule has 0 saturated carbocycles. The van der Waals surface area contributed by atoms with Crippen LogP contribution in [0.4, 0.5) is 0 Å². The van der Waals surface area contributed by atoms with Crippen molar-refractivity contribution in [1.82, 2.24) is 0 Å². The van der Waals surface area contributed by atoms with Gasteiger partial charge in [0.25, 0.3) is 0 Å². The Morgan fingerprint density at radius 1 is 1.55 bits per heavy atom. The van der Waals surface area contributed by atoms with E-state index < -0.39 is 0 Å². The summed E-state index contributed by atoms with van der Waals surface area (Å²) in [6.07, 6.45) is 0.816. The number of hydrogen-bond acceptors (Lipinski definition) is 2. The van der Waals surface area contributed by atoms with E-state index in [0.717, 1.165) is 13.0 Å². The molecule has 0 aliphatic heterocycles. The molecule has 0 fully saturated rings. The summed E-state index contributed by atoms with van der Waals surface area (Å²) in [5.74, 6) is 0.234. The first-order chi connectivity index (χ1) is 5.00. The van der Waals surface area contributed by atoms with Crippen molar-refractivity contribution in [1.29, 1.82) is 5.41 Å². The zero-order chi connectivity index (χ0) is 8.91. The van der Waals surface area contributed by atoms with Crippen molar-refractivity contribution in [2.45, 2.75) is 27.2 Å². The lowest BCUT2D eigenvalue weighted by molar-refractivity contribution is 0.128. The molecule has 3 N–H and O–H groups in total. The fourth-order valence-corrected chi connectivity index (χ4v) is 0.606. The Kier molecular flexibility index (Phi) is 4.11. The second-order valence-electron chi connectivity index (χ2n) is 3.24. The van der Waals surface area contributed by atoms with Gasteiger partial charge in [0.05, 0.1) is 5.84 Å². The van der Waals surface area contributed by atoms with Gasteiger partial charge in [-0.2, -0.15) is 0 Å². The smallest absolute Gasteiger partial charge is 0.0963 e. The maximum absolute atomic E-state index is 7.25. The first kappa shape index (κ1) is 10.4. The average Bonchev–Trinajstić information content (AvgIpc) is 1.88. The van der Waals surface area contributed by atoms with Crippen LogP contribution < -0.4 is 5.73 Å². The molecule has 0 aliphatic rings. The zero-order valence-corrected chi connectivity index (χ0v) is 7.61. The Labute approximate surface area is 68.4 Å². The zero-order valence-electron chi connectivity index (χ0n) is 7.61. The lowest BCUT2D eigenvalue weighted by Gasteiger charge is -2.22. The van der Waals surface area contributed by atoms with Crippen LogP contribution in [0.5, 0.6) is 0 Å². The minimum atomic E-state index is -0.213. The van der Waals surface area contributed by atoms with E-state index in [2.05, 4.69) is 0 Å². The molecule has 0 atom stereocenters. The van der Waals surface area contributed by atoms with Crippen molar-refractivity contribution in [2.24, 2.45) is 11.1 Å². The van der Waals surface area contributed by atoms with E-state index in [9.17, 15) is 0 Å². The van der Waals surface area contributed by atoms with E-state index in [1.807, 2.05) is 20.8 Å². The Morgan fingerprint density at radius 3 is 2.45 bits per heavy atom. The number of nitrogens with one attached hydrogen (secondary N) is 1. The highest BCUT2D eigenvalue weighted by atomic mass is 16.5. The Hall–Kier alpha value is -0.570. The van der Waals surface area contributed by atoms with Crippen LogP contribution in [0.3, 0.4) is 0 Å². The van der Waals surface area contributed by atoms with Crippen molar-refractivity contribution in [3.8, 4) is 0 Å². The van der Waals surface area contributed by atoms with Gasteiger partial charge in [0.1, 0.15) is 0 Å². The van der Waals surface area contributed by atoms with Crippen LogP contribution in [0.25, 0.3) is 0 Å². The molecule has 0 aromatic carbocycles. The predicted molar refractivity (Wildman–Crippen MR) is 46.8 cm³/mol. The van der Waals surface area contributed by atoms with Crippen molar-refractivity contribution in [2.75, 3.05) is 13.2 Å². The number of hydrogen-bond donors (Lipinski definition) is 2. The summed E-state index contributed by atoms with van der Waals surface area (Å²) in [6, 6.07) is 0. The van der Waals surface area contributed by atoms with E-state index in [4.69, 9.17) is 15.9 Å². The molecular weight excluding hydrogens is 140 g/mol. The first-order valence-corrected chi connectivity index (χ1v) is 3.93. The molecule has 0 unspecified atom stereocenters. The van der Waals surface area contributed by atoms with Gasteiger partial charge in [0, 0.05) is 18.6 Å². The highest BCUT2D eigenvalue weighted by Crippen LogP contribution is 2.19. The lowest BCUT2D eigenvalue weighted by atomic mass is 9.89. The van der Waals surface area contributed by atoms with Crippen molar-refractivity contribution >= 4 is 5.84 Å². The van der Waals surface area contributed by atoms with E-state index in [-0.39, 0.29) is 11.3 Å². The summed E-state index contributed by atoms with van der Waals surface area (Å²) >= 11 is 0. The van der Waals surface area contributed by atoms with Crippen molar-refractivity contribution in [3.63, 3.8) is 0 Å². The van der Waals surface area contributed by atoms with Gasteiger partial charge in [-0.05, 0) is 13.3 Å². The highest BCUT2D eigenvalue weighted by Gasteiger charge is 2.20. The largest absolute Gasteiger partial charge is 0.387 e. The third-order valence-corrected chi connectivity index (χ3v) is 1.80. The molecule has 66 valence electrons. The molecule has 11 heavy (non-hydrogen) atoms. The van der Waals surface area contributed by atoms with E-state index in [1.165, 1.54) is 0 Å². The molecule has 0 saturated heterocycles. The molecule has 3 heteroatoms. The standard InChI is InChI=1S/C8H18N2O/c1-4-11-6-5-8(2,3)7(9)10/h4-6H2,1-3H3,(H3,9,10). The predicted octanol–water partition coefficient (Wildman–Crippen LogP) is 1.38. The van der Waals surface area contributed by atoms with E-state index in [1.54, 1.807) is 0 Å². The Morgan fingerprint density at radius 2 is 2.09 bits per heavy atom. The molecule has 0 rings (SSSR count). The van der Waals surface area contributed by atoms with Crippen LogP contribution in [0.15, 0.2) is 0 Å². The van der Waals surface area contributed by atoms with Crippen LogP contribution in [0, 0.1) is 10.8 Å². The Bertz CT molecular complexity index is 132. The van der Waals surface area contributed by atoms with Crippen LogP contribution in [-0.4, -0.2) is 19.0 Å².